The number of benzene rings is 1. The average Bonchev–Trinajstić information content (AvgIpc) is 2.83. The summed E-state index contributed by atoms with van der Waals surface area (Å²) in [6, 6.07) is 12.2. The topological polar surface area (TPSA) is 36.4 Å². The first-order valence-corrected chi connectivity index (χ1v) is 7.19. The van der Waals surface area contributed by atoms with E-state index in [-0.39, 0.29) is 0 Å². The molecule has 1 heterocycles. The summed E-state index contributed by atoms with van der Waals surface area (Å²) in [5, 5.41) is 9.79. The van der Waals surface area contributed by atoms with Gasteiger partial charge in [0, 0.05) is 11.4 Å². The van der Waals surface area contributed by atoms with Gasteiger partial charge in [-0.3, -0.25) is 5.43 Å². The maximum Gasteiger partial charge on any atom is 0.187 e. The molecule has 0 aliphatic rings. The standard InChI is InChI=1S/C14H15N3S2/c1-11-7-8-19-13(11)10-16-17-14(18)15-9-12-5-3-2-4-6-12/h2-8,10H,9H2,1H3,(H2,15,17,18). The number of hydrogen-bond acceptors (Lipinski definition) is 3. The van der Waals surface area contributed by atoms with Crippen LogP contribution in [0.15, 0.2) is 46.9 Å². The fraction of sp³-hybridized carbons (Fsp3) is 0.143. The Balaban J connectivity index is 1.76. The molecule has 1 aromatic heterocycles. The summed E-state index contributed by atoms with van der Waals surface area (Å²) in [5.41, 5.74) is 5.22. The Labute approximate surface area is 122 Å². The highest BCUT2D eigenvalue weighted by molar-refractivity contribution is 7.80. The van der Waals surface area contributed by atoms with Crippen LogP contribution in [-0.2, 0) is 6.54 Å². The molecule has 0 amide bonds. The monoisotopic (exact) mass is 289 g/mol. The van der Waals surface area contributed by atoms with E-state index < -0.39 is 0 Å². The van der Waals surface area contributed by atoms with Crippen LogP contribution in [0.3, 0.4) is 0 Å². The van der Waals surface area contributed by atoms with Crippen molar-refractivity contribution in [3.05, 3.63) is 57.8 Å². The Bertz CT molecular complexity index is 561. The van der Waals surface area contributed by atoms with Gasteiger partial charge in [-0.05, 0) is 41.7 Å². The predicted octanol–water partition coefficient (Wildman–Crippen LogP) is 3.05. The molecule has 19 heavy (non-hydrogen) atoms. The van der Waals surface area contributed by atoms with Crippen molar-refractivity contribution in [1.82, 2.24) is 10.7 Å². The molecular weight excluding hydrogens is 274 g/mol. The summed E-state index contributed by atoms with van der Waals surface area (Å²) in [4.78, 5) is 1.14. The Kier molecular flexibility index (Phi) is 5.06. The molecule has 0 saturated heterocycles. The third kappa shape index (κ3) is 4.46. The van der Waals surface area contributed by atoms with E-state index in [2.05, 4.69) is 28.8 Å². The van der Waals surface area contributed by atoms with Crippen molar-refractivity contribution in [1.29, 1.82) is 0 Å². The van der Waals surface area contributed by atoms with Crippen molar-refractivity contribution in [3.8, 4) is 0 Å². The minimum Gasteiger partial charge on any atom is -0.357 e. The Morgan fingerprint density at radius 2 is 2.11 bits per heavy atom. The Morgan fingerprint density at radius 3 is 2.79 bits per heavy atom. The first kappa shape index (κ1) is 13.7. The lowest BCUT2D eigenvalue weighted by molar-refractivity contribution is 0.869. The van der Waals surface area contributed by atoms with Crippen LogP contribution in [0.4, 0.5) is 0 Å². The van der Waals surface area contributed by atoms with Crippen LogP contribution >= 0.6 is 23.6 Å². The van der Waals surface area contributed by atoms with Crippen molar-refractivity contribution >= 4 is 34.9 Å². The molecule has 0 aliphatic carbocycles. The smallest absolute Gasteiger partial charge is 0.187 e. The lowest BCUT2D eigenvalue weighted by atomic mass is 10.2. The maximum absolute atomic E-state index is 5.15. The van der Waals surface area contributed by atoms with Gasteiger partial charge >= 0.3 is 0 Å². The number of hydrogen-bond donors (Lipinski definition) is 2. The van der Waals surface area contributed by atoms with E-state index >= 15 is 0 Å². The minimum atomic E-state index is 0.523. The Morgan fingerprint density at radius 1 is 1.32 bits per heavy atom. The van der Waals surface area contributed by atoms with Crippen molar-refractivity contribution in [3.63, 3.8) is 0 Å². The molecule has 0 saturated carbocycles. The van der Waals surface area contributed by atoms with Crippen LogP contribution < -0.4 is 10.7 Å². The molecule has 98 valence electrons. The van der Waals surface area contributed by atoms with Gasteiger partial charge < -0.3 is 5.32 Å². The van der Waals surface area contributed by atoms with E-state index in [9.17, 15) is 0 Å². The second kappa shape index (κ2) is 7.01. The largest absolute Gasteiger partial charge is 0.357 e. The van der Waals surface area contributed by atoms with E-state index in [1.807, 2.05) is 35.7 Å². The summed E-state index contributed by atoms with van der Waals surface area (Å²) in [6.45, 7) is 2.75. The number of aryl methyl sites for hydroxylation is 1. The predicted molar refractivity (Wildman–Crippen MR) is 85.7 cm³/mol. The fourth-order valence-corrected chi connectivity index (χ4v) is 2.40. The summed E-state index contributed by atoms with van der Waals surface area (Å²) < 4.78 is 0. The summed E-state index contributed by atoms with van der Waals surface area (Å²) in [7, 11) is 0. The molecule has 2 rings (SSSR count). The molecule has 1 aromatic carbocycles. The van der Waals surface area contributed by atoms with Gasteiger partial charge in [0.15, 0.2) is 5.11 Å². The summed E-state index contributed by atoms with van der Waals surface area (Å²) >= 11 is 6.81. The molecule has 2 aromatic rings. The first-order chi connectivity index (χ1) is 9.25. The van der Waals surface area contributed by atoms with Crippen LogP contribution in [0.25, 0.3) is 0 Å². The molecule has 0 fully saturated rings. The first-order valence-electron chi connectivity index (χ1n) is 5.90. The van der Waals surface area contributed by atoms with Crippen LogP contribution in [0.2, 0.25) is 0 Å². The van der Waals surface area contributed by atoms with Crippen LogP contribution in [0.1, 0.15) is 16.0 Å². The molecule has 2 N–H and O–H groups in total. The molecule has 0 aliphatic heterocycles. The van der Waals surface area contributed by atoms with E-state index in [0.29, 0.717) is 11.7 Å². The molecule has 3 nitrogen and oxygen atoms in total. The highest BCUT2D eigenvalue weighted by Gasteiger charge is 1.96. The summed E-state index contributed by atoms with van der Waals surface area (Å²) in [5.74, 6) is 0. The zero-order chi connectivity index (χ0) is 13.5. The van der Waals surface area contributed by atoms with Gasteiger partial charge in [-0.15, -0.1) is 11.3 Å². The fourth-order valence-electron chi connectivity index (χ4n) is 1.48. The van der Waals surface area contributed by atoms with Gasteiger partial charge in [-0.1, -0.05) is 30.3 Å². The van der Waals surface area contributed by atoms with Crippen molar-refractivity contribution in [2.45, 2.75) is 13.5 Å². The molecule has 5 heteroatoms. The van der Waals surface area contributed by atoms with Gasteiger partial charge in [-0.2, -0.15) is 5.10 Å². The molecule has 0 spiro atoms. The van der Waals surface area contributed by atoms with E-state index in [0.717, 1.165) is 4.88 Å². The van der Waals surface area contributed by atoms with E-state index in [1.165, 1.54) is 11.1 Å². The van der Waals surface area contributed by atoms with Gasteiger partial charge in [0.1, 0.15) is 0 Å². The zero-order valence-electron chi connectivity index (χ0n) is 10.6. The molecule has 0 radical (unpaired) electrons. The van der Waals surface area contributed by atoms with Crippen LogP contribution in [-0.4, -0.2) is 11.3 Å². The van der Waals surface area contributed by atoms with Gasteiger partial charge in [0.2, 0.25) is 0 Å². The second-order valence-electron chi connectivity index (χ2n) is 4.01. The van der Waals surface area contributed by atoms with Gasteiger partial charge in [0.05, 0.1) is 6.21 Å². The SMILES string of the molecule is Cc1ccsc1C=NNC(=S)NCc1ccccc1. The molecule has 0 atom stereocenters. The van der Waals surface area contributed by atoms with Crippen LogP contribution in [0, 0.1) is 6.92 Å². The number of thiophene rings is 1. The Hall–Kier alpha value is -1.72. The lowest BCUT2D eigenvalue weighted by Crippen LogP contribution is -2.31. The normalized spacial score (nSPS) is 10.6. The van der Waals surface area contributed by atoms with Gasteiger partial charge in [-0.25, -0.2) is 0 Å². The molecule has 0 unspecified atom stereocenters. The van der Waals surface area contributed by atoms with E-state index in [1.54, 1.807) is 17.6 Å². The average molecular weight is 289 g/mol. The zero-order valence-corrected chi connectivity index (χ0v) is 12.2. The maximum atomic E-state index is 5.15. The molecular formula is C14H15N3S2. The third-order valence-corrected chi connectivity index (χ3v) is 3.73. The highest BCUT2D eigenvalue weighted by atomic mass is 32.1. The quantitative estimate of drug-likeness (QED) is 0.516. The summed E-state index contributed by atoms with van der Waals surface area (Å²) in [6.07, 6.45) is 1.79. The van der Waals surface area contributed by atoms with E-state index in [4.69, 9.17) is 12.2 Å². The minimum absolute atomic E-state index is 0.523. The second-order valence-corrected chi connectivity index (χ2v) is 5.36. The van der Waals surface area contributed by atoms with Crippen molar-refractivity contribution in [2.75, 3.05) is 0 Å². The van der Waals surface area contributed by atoms with Crippen molar-refractivity contribution in [2.24, 2.45) is 5.10 Å². The highest BCUT2D eigenvalue weighted by Crippen LogP contribution is 2.12. The number of thiocarbonyl (C=S) groups is 1. The number of hydrazone groups is 1. The number of nitrogens with one attached hydrogen (secondary N) is 2. The third-order valence-electron chi connectivity index (χ3n) is 2.55. The van der Waals surface area contributed by atoms with Crippen molar-refractivity contribution < 1.29 is 0 Å². The lowest BCUT2D eigenvalue weighted by Gasteiger charge is -2.06. The molecule has 0 bridgehead atoms. The van der Waals surface area contributed by atoms with Crippen LogP contribution in [0.5, 0.6) is 0 Å². The van der Waals surface area contributed by atoms with Gasteiger partial charge in [0.25, 0.3) is 0 Å². The number of nitrogens with zero attached hydrogens (tertiary/aromatic N) is 1. The number of rotatable bonds is 4.